The fourth-order valence-electron chi connectivity index (χ4n) is 1.39. The normalized spacial score (nSPS) is 26.0. The summed E-state index contributed by atoms with van der Waals surface area (Å²) in [4.78, 5) is 11.2. The Morgan fingerprint density at radius 1 is 1.60 bits per heavy atom. The molecular weight excluding hydrogens is 203 g/mol. The lowest BCUT2D eigenvalue weighted by Crippen LogP contribution is -2.51. The molecule has 2 N–H and O–H groups in total. The molecule has 1 aliphatic heterocycles. The van der Waals surface area contributed by atoms with Gasteiger partial charge in [-0.25, -0.2) is 9.18 Å². The van der Waals surface area contributed by atoms with Gasteiger partial charge in [-0.1, -0.05) is 0 Å². The van der Waals surface area contributed by atoms with Crippen LogP contribution in [0.25, 0.3) is 0 Å². The van der Waals surface area contributed by atoms with Crippen LogP contribution in [-0.4, -0.2) is 51.7 Å². The molecule has 1 aliphatic rings. The molecule has 2 unspecified atom stereocenters. The third-order valence-electron chi connectivity index (χ3n) is 2.23. The quantitative estimate of drug-likeness (QED) is 0.658. The molecule has 15 heavy (non-hydrogen) atoms. The molecule has 5 nitrogen and oxygen atoms in total. The summed E-state index contributed by atoms with van der Waals surface area (Å²) in [6.45, 7) is 1.52. The van der Waals surface area contributed by atoms with Crippen molar-refractivity contribution in [1.82, 2.24) is 10.6 Å². The van der Waals surface area contributed by atoms with Gasteiger partial charge in [0.25, 0.3) is 0 Å². The van der Waals surface area contributed by atoms with Gasteiger partial charge in [0.1, 0.15) is 12.8 Å². The van der Waals surface area contributed by atoms with Crippen molar-refractivity contribution in [2.24, 2.45) is 0 Å². The number of piperidine rings is 1. The van der Waals surface area contributed by atoms with Gasteiger partial charge < -0.3 is 20.1 Å². The van der Waals surface area contributed by atoms with Crippen LogP contribution < -0.4 is 10.6 Å². The molecule has 1 fully saturated rings. The number of hydrogen-bond acceptors (Lipinski definition) is 4. The predicted octanol–water partition coefficient (Wildman–Crippen LogP) is 0.0590. The van der Waals surface area contributed by atoms with E-state index in [-0.39, 0.29) is 13.2 Å². The number of nitrogens with one attached hydrogen (secondary N) is 2. The van der Waals surface area contributed by atoms with Gasteiger partial charge in [0.05, 0.1) is 12.6 Å². The zero-order valence-corrected chi connectivity index (χ0v) is 8.79. The van der Waals surface area contributed by atoms with Gasteiger partial charge in [0.15, 0.2) is 0 Å². The van der Waals surface area contributed by atoms with E-state index in [4.69, 9.17) is 9.47 Å². The Bertz CT molecular complexity index is 204. The first-order valence-corrected chi connectivity index (χ1v) is 5.01. The van der Waals surface area contributed by atoms with Gasteiger partial charge in [0, 0.05) is 13.7 Å². The summed E-state index contributed by atoms with van der Waals surface area (Å²) in [7, 11) is 1.52. The van der Waals surface area contributed by atoms with Crippen molar-refractivity contribution in [2.75, 3.05) is 33.4 Å². The molecule has 1 rings (SSSR count). The van der Waals surface area contributed by atoms with Crippen molar-refractivity contribution in [1.29, 1.82) is 0 Å². The molecule has 2 atom stereocenters. The largest absolute Gasteiger partial charge is 0.447 e. The van der Waals surface area contributed by atoms with Crippen molar-refractivity contribution in [3.63, 3.8) is 0 Å². The number of carbonyl (C=O) groups excluding carboxylic acids is 1. The molecule has 1 heterocycles. The number of alkyl carbamates (subject to hydrolysis) is 1. The summed E-state index contributed by atoms with van der Waals surface area (Å²) in [6.07, 6.45) is -1.05. The monoisotopic (exact) mass is 220 g/mol. The number of alkyl halides is 1. The Balaban J connectivity index is 2.18. The van der Waals surface area contributed by atoms with Crippen LogP contribution in [0.4, 0.5) is 9.18 Å². The van der Waals surface area contributed by atoms with Crippen molar-refractivity contribution in [3.05, 3.63) is 0 Å². The number of carbonyl (C=O) groups is 1. The Morgan fingerprint density at radius 3 is 3.07 bits per heavy atom. The highest BCUT2D eigenvalue weighted by Crippen LogP contribution is 2.07. The Kier molecular flexibility index (Phi) is 5.34. The number of halogens is 1. The molecule has 6 heteroatoms. The van der Waals surface area contributed by atoms with E-state index in [0.29, 0.717) is 19.6 Å². The lowest BCUT2D eigenvalue weighted by Gasteiger charge is -2.26. The number of ether oxygens (including phenoxy) is 2. The van der Waals surface area contributed by atoms with Gasteiger partial charge in [-0.05, 0) is 13.0 Å². The molecule has 0 spiro atoms. The molecule has 1 saturated heterocycles. The lowest BCUT2D eigenvalue weighted by molar-refractivity contribution is 0.0905. The molecular formula is C9H17FN2O3. The molecule has 0 bridgehead atoms. The van der Waals surface area contributed by atoms with E-state index < -0.39 is 18.3 Å². The topological polar surface area (TPSA) is 59.6 Å². The zero-order valence-electron chi connectivity index (χ0n) is 8.79. The molecule has 0 aliphatic carbocycles. The average molecular weight is 220 g/mol. The van der Waals surface area contributed by atoms with E-state index in [1.807, 2.05) is 0 Å². The van der Waals surface area contributed by atoms with Crippen LogP contribution in [0, 0.1) is 0 Å². The fraction of sp³-hybridized carbons (Fsp3) is 0.889. The Hall–Kier alpha value is -0.880. The average Bonchev–Trinajstić information content (AvgIpc) is 2.22. The number of hydrogen-bond donors (Lipinski definition) is 2. The molecule has 1 amide bonds. The van der Waals surface area contributed by atoms with Crippen LogP contribution in [0.2, 0.25) is 0 Å². The summed E-state index contributed by atoms with van der Waals surface area (Å²) in [6, 6.07) is -0.443. The first kappa shape index (κ1) is 12.2. The molecule has 88 valence electrons. The second-order valence-electron chi connectivity index (χ2n) is 3.39. The smallest absolute Gasteiger partial charge is 0.407 e. The maximum Gasteiger partial charge on any atom is 0.407 e. The minimum atomic E-state index is -1.05. The third kappa shape index (κ3) is 4.44. The minimum absolute atomic E-state index is 0.185. The first-order chi connectivity index (χ1) is 7.24. The van der Waals surface area contributed by atoms with Crippen LogP contribution in [-0.2, 0) is 9.47 Å². The molecule has 0 aromatic carbocycles. The van der Waals surface area contributed by atoms with E-state index in [0.717, 1.165) is 0 Å². The summed E-state index contributed by atoms with van der Waals surface area (Å²) < 4.78 is 22.7. The van der Waals surface area contributed by atoms with Gasteiger partial charge in [-0.15, -0.1) is 0 Å². The Labute approximate surface area is 88.3 Å². The van der Waals surface area contributed by atoms with Crippen molar-refractivity contribution in [3.8, 4) is 0 Å². The first-order valence-electron chi connectivity index (χ1n) is 5.01. The van der Waals surface area contributed by atoms with Gasteiger partial charge in [-0.3, -0.25) is 0 Å². The van der Waals surface area contributed by atoms with E-state index in [9.17, 15) is 9.18 Å². The van der Waals surface area contributed by atoms with Crippen LogP contribution >= 0.6 is 0 Å². The van der Waals surface area contributed by atoms with Gasteiger partial charge in [0.2, 0.25) is 0 Å². The van der Waals surface area contributed by atoms with Gasteiger partial charge in [-0.2, -0.15) is 0 Å². The molecule has 0 aromatic rings. The molecule has 0 saturated carbocycles. The van der Waals surface area contributed by atoms with Crippen molar-refractivity contribution >= 4 is 6.09 Å². The number of rotatable bonds is 4. The highest BCUT2D eigenvalue weighted by Gasteiger charge is 2.26. The van der Waals surface area contributed by atoms with Crippen LogP contribution in [0.1, 0.15) is 6.42 Å². The fourth-order valence-corrected chi connectivity index (χ4v) is 1.39. The Morgan fingerprint density at radius 2 is 2.40 bits per heavy atom. The summed E-state index contributed by atoms with van der Waals surface area (Å²) in [5.41, 5.74) is 0. The third-order valence-corrected chi connectivity index (χ3v) is 2.23. The SMILES string of the molecule is COCCOC(=O)NC1CCNCC1F. The highest BCUT2D eigenvalue weighted by atomic mass is 19.1. The zero-order chi connectivity index (χ0) is 11.1. The van der Waals surface area contributed by atoms with Crippen LogP contribution in [0.15, 0.2) is 0 Å². The van der Waals surface area contributed by atoms with Crippen molar-refractivity contribution in [2.45, 2.75) is 18.6 Å². The molecule has 0 aromatic heterocycles. The standard InChI is InChI=1S/C9H17FN2O3/c1-14-4-5-15-9(13)12-8-2-3-11-6-7(8)10/h7-8,11H,2-6H2,1H3,(H,12,13). The summed E-state index contributed by atoms with van der Waals surface area (Å²) in [5, 5.41) is 5.40. The van der Waals surface area contributed by atoms with E-state index in [1.54, 1.807) is 0 Å². The molecule has 0 radical (unpaired) electrons. The second-order valence-corrected chi connectivity index (χ2v) is 3.39. The van der Waals surface area contributed by atoms with Crippen molar-refractivity contribution < 1.29 is 18.7 Å². The summed E-state index contributed by atoms with van der Waals surface area (Å²) >= 11 is 0. The van der Waals surface area contributed by atoms with Gasteiger partial charge >= 0.3 is 6.09 Å². The van der Waals surface area contributed by atoms with E-state index in [1.165, 1.54) is 7.11 Å². The highest BCUT2D eigenvalue weighted by molar-refractivity contribution is 5.67. The second kappa shape index (κ2) is 6.58. The summed E-state index contributed by atoms with van der Waals surface area (Å²) in [5.74, 6) is 0. The van der Waals surface area contributed by atoms with E-state index >= 15 is 0 Å². The lowest BCUT2D eigenvalue weighted by atomic mass is 10.1. The maximum absolute atomic E-state index is 13.2. The maximum atomic E-state index is 13.2. The van der Waals surface area contributed by atoms with E-state index in [2.05, 4.69) is 10.6 Å². The number of methoxy groups -OCH3 is 1. The van der Waals surface area contributed by atoms with Crippen LogP contribution in [0.3, 0.4) is 0 Å². The number of amides is 1. The minimum Gasteiger partial charge on any atom is -0.447 e. The van der Waals surface area contributed by atoms with Crippen LogP contribution in [0.5, 0.6) is 0 Å². The predicted molar refractivity (Wildman–Crippen MR) is 52.5 cm³/mol.